The van der Waals surface area contributed by atoms with Gasteiger partial charge in [0.1, 0.15) is 5.75 Å². The molecule has 0 saturated heterocycles. The molecule has 28 heavy (non-hydrogen) atoms. The first-order valence-electron chi connectivity index (χ1n) is 8.44. The topological polar surface area (TPSA) is 72.5 Å². The van der Waals surface area contributed by atoms with Gasteiger partial charge in [-0.15, -0.1) is 0 Å². The number of rotatable bonds is 6. The van der Waals surface area contributed by atoms with Crippen molar-refractivity contribution in [3.8, 4) is 5.75 Å². The summed E-state index contributed by atoms with van der Waals surface area (Å²) >= 11 is 1.02. The molecule has 0 radical (unpaired) electrons. The molecule has 0 fully saturated rings. The van der Waals surface area contributed by atoms with E-state index in [1.165, 1.54) is 31.4 Å². The van der Waals surface area contributed by atoms with Gasteiger partial charge in [0.2, 0.25) is 5.12 Å². The van der Waals surface area contributed by atoms with E-state index in [1.54, 1.807) is 18.2 Å². The maximum Gasteiger partial charge on any atom is 0.261 e. The quantitative estimate of drug-likeness (QED) is 0.591. The third kappa shape index (κ3) is 4.74. The van der Waals surface area contributed by atoms with Gasteiger partial charge in [-0.25, -0.2) is 8.42 Å². The van der Waals surface area contributed by atoms with Crippen LogP contribution in [0.25, 0.3) is 0 Å². The highest BCUT2D eigenvalue weighted by Gasteiger charge is 2.20. The molecule has 7 heteroatoms. The van der Waals surface area contributed by atoms with Gasteiger partial charge >= 0.3 is 0 Å². The maximum atomic E-state index is 12.8. The van der Waals surface area contributed by atoms with Crippen LogP contribution in [0, 0.1) is 6.92 Å². The normalized spacial score (nSPS) is 11.1. The lowest BCUT2D eigenvalue weighted by Crippen LogP contribution is -2.15. The number of hydrogen-bond acceptors (Lipinski definition) is 5. The van der Waals surface area contributed by atoms with Gasteiger partial charge in [-0.05, 0) is 61.2 Å². The van der Waals surface area contributed by atoms with Crippen molar-refractivity contribution in [1.29, 1.82) is 0 Å². The predicted molar refractivity (Wildman–Crippen MR) is 112 cm³/mol. The number of carbonyl (C=O) groups excluding carboxylic acids is 1. The Hall–Kier alpha value is -2.77. The van der Waals surface area contributed by atoms with Crippen molar-refractivity contribution in [3.05, 3.63) is 83.9 Å². The molecule has 0 saturated carbocycles. The molecule has 0 spiro atoms. The molecule has 0 heterocycles. The Morgan fingerprint density at radius 1 is 0.964 bits per heavy atom. The van der Waals surface area contributed by atoms with E-state index in [0.29, 0.717) is 5.75 Å². The lowest BCUT2D eigenvalue weighted by atomic mass is 10.2. The van der Waals surface area contributed by atoms with Crippen molar-refractivity contribution in [2.75, 3.05) is 11.8 Å². The van der Waals surface area contributed by atoms with Crippen molar-refractivity contribution in [3.63, 3.8) is 0 Å². The van der Waals surface area contributed by atoms with Crippen molar-refractivity contribution in [2.24, 2.45) is 0 Å². The summed E-state index contributed by atoms with van der Waals surface area (Å²) in [5, 5.41) is -0.285. The summed E-state index contributed by atoms with van der Waals surface area (Å²) in [6, 6.07) is 20.3. The molecule has 1 N–H and O–H groups in total. The second kappa shape index (κ2) is 8.50. The Kier molecular flexibility index (Phi) is 6.06. The molecule has 5 nitrogen and oxygen atoms in total. The van der Waals surface area contributed by atoms with Crippen molar-refractivity contribution >= 4 is 32.6 Å². The summed E-state index contributed by atoms with van der Waals surface area (Å²) in [6.45, 7) is 1.88. The molecule has 0 amide bonds. The molecule has 0 atom stereocenters. The molecule has 0 aliphatic carbocycles. The molecule has 0 bridgehead atoms. The Labute approximate surface area is 168 Å². The first-order chi connectivity index (χ1) is 13.4. The van der Waals surface area contributed by atoms with Gasteiger partial charge in [-0.2, -0.15) is 0 Å². The summed E-state index contributed by atoms with van der Waals surface area (Å²) in [7, 11) is -2.34. The van der Waals surface area contributed by atoms with E-state index < -0.39 is 10.0 Å². The third-order valence-electron chi connectivity index (χ3n) is 3.98. The lowest BCUT2D eigenvalue weighted by Gasteiger charge is -2.13. The average Bonchev–Trinajstić information content (AvgIpc) is 2.69. The van der Waals surface area contributed by atoms with Crippen LogP contribution in [-0.2, 0) is 10.0 Å². The Morgan fingerprint density at radius 3 is 2.29 bits per heavy atom. The van der Waals surface area contributed by atoms with Crippen LogP contribution in [0.5, 0.6) is 5.75 Å². The van der Waals surface area contributed by atoms with Crippen molar-refractivity contribution in [1.82, 2.24) is 0 Å². The summed E-state index contributed by atoms with van der Waals surface area (Å²) in [4.78, 5) is 13.7. The van der Waals surface area contributed by atoms with Gasteiger partial charge in [0.25, 0.3) is 10.0 Å². The molecule has 3 aromatic carbocycles. The van der Waals surface area contributed by atoms with Gasteiger partial charge in [-0.1, -0.05) is 35.9 Å². The summed E-state index contributed by atoms with van der Waals surface area (Å²) < 4.78 is 33.2. The Bertz CT molecular complexity index is 1080. The Balaban J connectivity index is 1.94. The van der Waals surface area contributed by atoms with Gasteiger partial charge in [0, 0.05) is 4.90 Å². The number of hydrogen-bond donors (Lipinski definition) is 1. The van der Waals surface area contributed by atoms with Crippen molar-refractivity contribution in [2.45, 2.75) is 16.7 Å². The van der Waals surface area contributed by atoms with E-state index in [0.717, 1.165) is 22.2 Å². The van der Waals surface area contributed by atoms with Crippen LogP contribution >= 0.6 is 11.8 Å². The van der Waals surface area contributed by atoms with Crippen LogP contribution < -0.4 is 9.46 Å². The highest BCUT2D eigenvalue weighted by Crippen LogP contribution is 2.31. The zero-order chi connectivity index (χ0) is 20.1. The maximum absolute atomic E-state index is 12.8. The molecule has 0 aromatic heterocycles. The average molecular weight is 414 g/mol. The third-order valence-corrected chi connectivity index (χ3v) is 6.27. The number of benzene rings is 3. The fourth-order valence-electron chi connectivity index (χ4n) is 2.48. The minimum absolute atomic E-state index is 0.128. The fraction of sp³-hybridized carbons (Fsp3) is 0.0952. The first-order valence-corrected chi connectivity index (χ1v) is 10.7. The predicted octanol–water partition coefficient (Wildman–Crippen LogP) is 4.74. The van der Waals surface area contributed by atoms with E-state index in [9.17, 15) is 13.2 Å². The molecular weight excluding hydrogens is 394 g/mol. The lowest BCUT2D eigenvalue weighted by molar-refractivity contribution is 0.108. The highest BCUT2D eigenvalue weighted by atomic mass is 32.2. The van der Waals surface area contributed by atoms with Crippen LogP contribution in [0.15, 0.2) is 82.6 Å². The van der Waals surface area contributed by atoms with Crippen LogP contribution in [0.2, 0.25) is 0 Å². The standard InChI is InChI=1S/C21H19NO4S2/c1-15-8-11-18(12-9-15)28(24,25)22-20-13-10-16(26-2)14-19(20)21(23)27-17-6-4-3-5-7-17/h3-14,22H,1-2H3. The van der Waals surface area contributed by atoms with Gasteiger partial charge in [0.15, 0.2) is 0 Å². The van der Waals surface area contributed by atoms with Crippen LogP contribution in [0.4, 0.5) is 5.69 Å². The van der Waals surface area contributed by atoms with Gasteiger partial charge in [0.05, 0.1) is 23.3 Å². The highest BCUT2D eigenvalue weighted by molar-refractivity contribution is 8.14. The van der Waals surface area contributed by atoms with E-state index in [4.69, 9.17) is 4.74 Å². The van der Waals surface area contributed by atoms with Gasteiger partial charge < -0.3 is 4.74 Å². The number of anilines is 1. The summed E-state index contributed by atoms with van der Waals surface area (Å²) in [5.74, 6) is 0.468. The van der Waals surface area contributed by atoms with E-state index in [2.05, 4.69) is 4.72 Å². The first kappa shape index (κ1) is 20.0. The largest absolute Gasteiger partial charge is 0.497 e. The number of ether oxygens (including phenoxy) is 1. The number of aryl methyl sites for hydroxylation is 1. The zero-order valence-corrected chi connectivity index (χ0v) is 17.0. The fourth-order valence-corrected chi connectivity index (χ4v) is 4.35. The number of methoxy groups -OCH3 is 1. The minimum atomic E-state index is -3.83. The minimum Gasteiger partial charge on any atom is -0.497 e. The SMILES string of the molecule is COc1ccc(NS(=O)(=O)c2ccc(C)cc2)c(C(=O)Sc2ccccc2)c1. The van der Waals surface area contributed by atoms with Crippen LogP contribution in [0.3, 0.4) is 0 Å². The van der Waals surface area contributed by atoms with Crippen LogP contribution in [0.1, 0.15) is 15.9 Å². The molecule has 144 valence electrons. The number of carbonyl (C=O) groups is 1. The number of thioether (sulfide) groups is 1. The van der Waals surface area contributed by atoms with E-state index in [1.807, 2.05) is 37.3 Å². The van der Waals surface area contributed by atoms with Crippen molar-refractivity contribution < 1.29 is 17.9 Å². The van der Waals surface area contributed by atoms with E-state index >= 15 is 0 Å². The molecule has 0 aliphatic heterocycles. The van der Waals surface area contributed by atoms with Crippen LogP contribution in [-0.4, -0.2) is 20.6 Å². The number of sulfonamides is 1. The van der Waals surface area contributed by atoms with Gasteiger partial charge in [-0.3, -0.25) is 9.52 Å². The smallest absolute Gasteiger partial charge is 0.261 e. The molecule has 3 aromatic rings. The second-order valence-electron chi connectivity index (χ2n) is 6.03. The summed E-state index contributed by atoms with van der Waals surface area (Å²) in [6.07, 6.45) is 0. The molecule has 0 unspecified atom stereocenters. The molecule has 0 aliphatic rings. The second-order valence-corrected chi connectivity index (χ2v) is 8.76. The number of nitrogens with one attached hydrogen (secondary N) is 1. The molecular formula is C21H19NO4S2. The van der Waals surface area contributed by atoms with E-state index in [-0.39, 0.29) is 21.3 Å². The zero-order valence-electron chi connectivity index (χ0n) is 15.4. The molecule has 3 rings (SSSR count). The Morgan fingerprint density at radius 2 is 1.64 bits per heavy atom. The summed E-state index contributed by atoms with van der Waals surface area (Å²) in [5.41, 5.74) is 1.39. The monoisotopic (exact) mass is 413 g/mol.